The van der Waals surface area contributed by atoms with E-state index in [2.05, 4.69) is 46.1 Å². The highest BCUT2D eigenvalue weighted by Crippen LogP contribution is 2.30. The molecule has 1 saturated heterocycles. The molecule has 1 aromatic carbocycles. The van der Waals surface area contributed by atoms with Crippen LogP contribution < -0.4 is 4.90 Å². The highest BCUT2D eigenvalue weighted by molar-refractivity contribution is 5.40. The highest BCUT2D eigenvalue weighted by Gasteiger charge is 2.22. The topological polar surface area (TPSA) is 29.0 Å². The minimum Gasteiger partial charge on any atom is -0.356 e. The Balaban J connectivity index is 1.81. The lowest BCUT2D eigenvalue weighted by atomic mass is 9.88. The largest absolute Gasteiger partial charge is 0.356 e. The van der Waals surface area contributed by atoms with Gasteiger partial charge in [0.1, 0.15) is 12.1 Å². The molecule has 1 fully saturated rings. The van der Waals surface area contributed by atoms with Crippen LogP contribution >= 0.6 is 0 Å². The Labute approximate surface area is 114 Å². The molecule has 0 aliphatic carbocycles. The van der Waals surface area contributed by atoms with Crippen LogP contribution in [-0.2, 0) is 0 Å². The molecule has 98 valence electrons. The van der Waals surface area contributed by atoms with Crippen LogP contribution in [0, 0.1) is 6.92 Å². The summed E-state index contributed by atoms with van der Waals surface area (Å²) in [5.74, 6) is 1.66. The zero-order chi connectivity index (χ0) is 13.1. The molecule has 0 bridgehead atoms. The van der Waals surface area contributed by atoms with Crippen LogP contribution in [0.1, 0.15) is 29.9 Å². The van der Waals surface area contributed by atoms with E-state index in [1.165, 1.54) is 24.0 Å². The first-order chi connectivity index (χ1) is 9.34. The van der Waals surface area contributed by atoms with Gasteiger partial charge in [0.25, 0.3) is 0 Å². The van der Waals surface area contributed by atoms with Crippen LogP contribution in [0.4, 0.5) is 5.82 Å². The van der Waals surface area contributed by atoms with Crippen molar-refractivity contribution < 1.29 is 0 Å². The van der Waals surface area contributed by atoms with E-state index < -0.39 is 0 Å². The van der Waals surface area contributed by atoms with Gasteiger partial charge >= 0.3 is 0 Å². The molecule has 0 N–H and O–H groups in total. The third-order valence-corrected chi connectivity index (χ3v) is 3.94. The third-order valence-electron chi connectivity index (χ3n) is 3.94. The van der Waals surface area contributed by atoms with Gasteiger partial charge in [-0.3, -0.25) is 0 Å². The summed E-state index contributed by atoms with van der Waals surface area (Å²) >= 11 is 0. The Kier molecular flexibility index (Phi) is 3.45. The number of aryl methyl sites for hydroxylation is 1. The smallest absolute Gasteiger partial charge is 0.131 e. The van der Waals surface area contributed by atoms with Crippen molar-refractivity contribution in [2.75, 3.05) is 18.0 Å². The molecule has 2 heterocycles. The van der Waals surface area contributed by atoms with Crippen LogP contribution in [0.3, 0.4) is 0 Å². The van der Waals surface area contributed by atoms with E-state index in [-0.39, 0.29) is 0 Å². The lowest BCUT2D eigenvalue weighted by molar-refractivity contribution is 0.505. The maximum absolute atomic E-state index is 4.37. The minimum atomic E-state index is 0.616. The SMILES string of the molecule is Cc1ccccc1C1CCCN(c2ccncn2)C1. The number of anilines is 1. The summed E-state index contributed by atoms with van der Waals surface area (Å²) in [6.07, 6.45) is 5.95. The Morgan fingerprint density at radius 3 is 2.89 bits per heavy atom. The number of nitrogens with zero attached hydrogens (tertiary/aromatic N) is 3. The van der Waals surface area contributed by atoms with E-state index in [9.17, 15) is 0 Å². The number of benzene rings is 1. The summed E-state index contributed by atoms with van der Waals surface area (Å²) in [7, 11) is 0. The van der Waals surface area contributed by atoms with Gasteiger partial charge in [0.05, 0.1) is 0 Å². The quantitative estimate of drug-likeness (QED) is 0.823. The van der Waals surface area contributed by atoms with Crippen molar-refractivity contribution in [3.05, 3.63) is 54.0 Å². The number of piperidine rings is 1. The molecular weight excluding hydrogens is 234 g/mol. The van der Waals surface area contributed by atoms with Crippen molar-refractivity contribution in [2.24, 2.45) is 0 Å². The molecule has 0 amide bonds. The minimum absolute atomic E-state index is 0.616. The zero-order valence-corrected chi connectivity index (χ0v) is 11.3. The maximum atomic E-state index is 4.37. The second-order valence-corrected chi connectivity index (χ2v) is 5.21. The second-order valence-electron chi connectivity index (χ2n) is 5.21. The molecular formula is C16H19N3. The summed E-state index contributed by atoms with van der Waals surface area (Å²) in [6, 6.07) is 10.7. The van der Waals surface area contributed by atoms with Gasteiger partial charge in [0, 0.05) is 25.2 Å². The fourth-order valence-electron chi connectivity index (χ4n) is 2.95. The zero-order valence-electron chi connectivity index (χ0n) is 11.3. The Morgan fingerprint density at radius 1 is 1.21 bits per heavy atom. The standard InChI is InChI=1S/C16H19N3/c1-13-5-2-3-7-15(13)14-6-4-10-19(11-14)16-8-9-17-12-18-16/h2-3,5,7-9,12,14H,4,6,10-11H2,1H3. The monoisotopic (exact) mass is 253 g/mol. The fourth-order valence-corrected chi connectivity index (χ4v) is 2.95. The lowest BCUT2D eigenvalue weighted by Crippen LogP contribution is -2.35. The van der Waals surface area contributed by atoms with Gasteiger partial charge in [-0.2, -0.15) is 0 Å². The Morgan fingerprint density at radius 2 is 2.11 bits per heavy atom. The predicted octanol–water partition coefficient (Wildman–Crippen LogP) is 3.17. The normalized spacial score (nSPS) is 19.4. The Hall–Kier alpha value is -1.90. The van der Waals surface area contributed by atoms with Crippen LogP contribution in [0.25, 0.3) is 0 Å². The van der Waals surface area contributed by atoms with Crippen molar-refractivity contribution in [3.8, 4) is 0 Å². The Bertz CT molecular complexity index is 539. The van der Waals surface area contributed by atoms with E-state index in [0.717, 1.165) is 18.9 Å². The van der Waals surface area contributed by atoms with Crippen molar-refractivity contribution >= 4 is 5.82 Å². The molecule has 3 nitrogen and oxygen atoms in total. The van der Waals surface area contributed by atoms with E-state index in [4.69, 9.17) is 0 Å². The molecule has 1 aliphatic rings. The van der Waals surface area contributed by atoms with Gasteiger partial charge in [0.2, 0.25) is 0 Å². The molecule has 2 aromatic rings. The van der Waals surface area contributed by atoms with E-state index >= 15 is 0 Å². The molecule has 0 spiro atoms. The highest BCUT2D eigenvalue weighted by atomic mass is 15.2. The van der Waals surface area contributed by atoms with Gasteiger partial charge in [0.15, 0.2) is 0 Å². The number of hydrogen-bond donors (Lipinski definition) is 0. The van der Waals surface area contributed by atoms with Crippen molar-refractivity contribution in [3.63, 3.8) is 0 Å². The lowest BCUT2D eigenvalue weighted by Gasteiger charge is -2.34. The molecule has 1 aromatic heterocycles. The molecule has 0 saturated carbocycles. The molecule has 1 unspecified atom stereocenters. The first-order valence-corrected chi connectivity index (χ1v) is 6.91. The molecule has 3 heteroatoms. The van der Waals surface area contributed by atoms with Gasteiger partial charge in [-0.25, -0.2) is 9.97 Å². The predicted molar refractivity (Wildman–Crippen MR) is 77.4 cm³/mol. The van der Waals surface area contributed by atoms with Gasteiger partial charge in [-0.15, -0.1) is 0 Å². The summed E-state index contributed by atoms with van der Waals surface area (Å²) in [6.45, 7) is 4.36. The van der Waals surface area contributed by atoms with Crippen molar-refractivity contribution in [1.29, 1.82) is 0 Å². The first-order valence-electron chi connectivity index (χ1n) is 6.91. The van der Waals surface area contributed by atoms with E-state index in [0.29, 0.717) is 5.92 Å². The van der Waals surface area contributed by atoms with Crippen LogP contribution in [-0.4, -0.2) is 23.1 Å². The third kappa shape index (κ3) is 2.60. The van der Waals surface area contributed by atoms with Crippen molar-refractivity contribution in [2.45, 2.75) is 25.7 Å². The molecule has 3 rings (SSSR count). The molecule has 0 radical (unpaired) electrons. The van der Waals surface area contributed by atoms with Gasteiger partial charge in [-0.1, -0.05) is 24.3 Å². The van der Waals surface area contributed by atoms with E-state index in [1.54, 1.807) is 6.33 Å². The average molecular weight is 253 g/mol. The second kappa shape index (κ2) is 5.39. The maximum Gasteiger partial charge on any atom is 0.131 e. The van der Waals surface area contributed by atoms with Crippen LogP contribution in [0.5, 0.6) is 0 Å². The first kappa shape index (κ1) is 12.2. The molecule has 1 aliphatic heterocycles. The van der Waals surface area contributed by atoms with Gasteiger partial charge in [-0.05, 0) is 37.0 Å². The average Bonchev–Trinajstić information content (AvgIpc) is 2.49. The number of rotatable bonds is 2. The summed E-state index contributed by atoms with van der Waals surface area (Å²) in [5, 5.41) is 0. The summed E-state index contributed by atoms with van der Waals surface area (Å²) in [5.41, 5.74) is 2.89. The van der Waals surface area contributed by atoms with E-state index in [1.807, 2.05) is 12.3 Å². The number of hydrogen-bond acceptors (Lipinski definition) is 3. The van der Waals surface area contributed by atoms with Crippen LogP contribution in [0.15, 0.2) is 42.9 Å². The van der Waals surface area contributed by atoms with Crippen molar-refractivity contribution in [1.82, 2.24) is 9.97 Å². The molecule has 1 atom stereocenters. The summed E-state index contributed by atoms with van der Waals surface area (Å²) in [4.78, 5) is 10.7. The number of aromatic nitrogens is 2. The summed E-state index contributed by atoms with van der Waals surface area (Å²) < 4.78 is 0. The van der Waals surface area contributed by atoms with Gasteiger partial charge < -0.3 is 4.90 Å². The fraction of sp³-hybridized carbons (Fsp3) is 0.375. The van der Waals surface area contributed by atoms with Crippen LogP contribution in [0.2, 0.25) is 0 Å². The molecule has 19 heavy (non-hydrogen) atoms.